The van der Waals surface area contributed by atoms with Gasteiger partial charge in [-0.3, -0.25) is 4.98 Å². The molecule has 96 valence electrons. The van der Waals surface area contributed by atoms with E-state index in [2.05, 4.69) is 23.5 Å². The lowest BCUT2D eigenvalue weighted by molar-refractivity contribution is 0.685. The maximum Gasteiger partial charge on any atom is 0.0857 e. The molecule has 2 heterocycles. The van der Waals surface area contributed by atoms with E-state index >= 15 is 0 Å². The van der Waals surface area contributed by atoms with Gasteiger partial charge in [0.1, 0.15) is 0 Å². The number of nitrogens with one attached hydrogen (secondary N) is 1. The average molecular weight is 289 g/mol. The highest BCUT2D eigenvalue weighted by molar-refractivity contribution is 7.10. The molecule has 0 aliphatic heterocycles. The van der Waals surface area contributed by atoms with Crippen LogP contribution >= 0.6 is 22.9 Å². The van der Waals surface area contributed by atoms with E-state index in [0.717, 1.165) is 26.5 Å². The summed E-state index contributed by atoms with van der Waals surface area (Å²) in [6.07, 6.45) is 0. The van der Waals surface area contributed by atoms with Gasteiger partial charge < -0.3 is 5.32 Å². The van der Waals surface area contributed by atoms with Crippen LogP contribution in [-0.2, 0) is 0 Å². The van der Waals surface area contributed by atoms with Crippen LogP contribution < -0.4 is 5.32 Å². The number of halogens is 1. The van der Waals surface area contributed by atoms with Gasteiger partial charge in [-0.1, -0.05) is 35.9 Å². The van der Waals surface area contributed by atoms with Crippen LogP contribution in [0.1, 0.15) is 16.6 Å². The van der Waals surface area contributed by atoms with Crippen molar-refractivity contribution in [2.75, 3.05) is 7.05 Å². The fraction of sp³-hybridized carbons (Fsp3) is 0.133. The molecule has 2 nitrogen and oxygen atoms in total. The molecule has 3 aromatic rings. The summed E-state index contributed by atoms with van der Waals surface area (Å²) in [7, 11) is 1.93. The predicted molar refractivity (Wildman–Crippen MR) is 82.0 cm³/mol. The van der Waals surface area contributed by atoms with Crippen LogP contribution in [0.4, 0.5) is 0 Å². The second-order valence-electron chi connectivity index (χ2n) is 4.28. The van der Waals surface area contributed by atoms with Crippen molar-refractivity contribution in [1.29, 1.82) is 0 Å². The molecule has 0 spiro atoms. The van der Waals surface area contributed by atoms with Gasteiger partial charge in [0.2, 0.25) is 0 Å². The Bertz CT molecular complexity index is 708. The van der Waals surface area contributed by atoms with Gasteiger partial charge in [-0.2, -0.15) is 0 Å². The summed E-state index contributed by atoms with van der Waals surface area (Å²) in [6, 6.07) is 14.2. The average Bonchev–Trinajstić information content (AvgIpc) is 2.86. The predicted octanol–water partition coefficient (Wildman–Crippen LogP) is 4.26. The molecule has 1 N–H and O–H groups in total. The van der Waals surface area contributed by atoms with Gasteiger partial charge in [-0.15, -0.1) is 11.3 Å². The van der Waals surface area contributed by atoms with E-state index < -0.39 is 0 Å². The van der Waals surface area contributed by atoms with Crippen molar-refractivity contribution >= 4 is 33.8 Å². The number of rotatable bonds is 3. The first kappa shape index (κ1) is 12.6. The first-order valence-corrected chi connectivity index (χ1v) is 7.31. The molecule has 1 aromatic carbocycles. The van der Waals surface area contributed by atoms with Gasteiger partial charge in [0.05, 0.1) is 22.3 Å². The number of benzene rings is 1. The van der Waals surface area contributed by atoms with Crippen molar-refractivity contribution in [2.45, 2.75) is 6.04 Å². The van der Waals surface area contributed by atoms with Crippen LogP contribution in [0.5, 0.6) is 0 Å². The number of hydrogen-bond acceptors (Lipinski definition) is 3. The number of hydrogen-bond donors (Lipinski definition) is 1. The van der Waals surface area contributed by atoms with Crippen LogP contribution in [0.15, 0.2) is 47.8 Å². The van der Waals surface area contributed by atoms with Crippen LogP contribution in [0, 0.1) is 0 Å². The molecule has 1 atom stereocenters. The molecule has 19 heavy (non-hydrogen) atoms. The quantitative estimate of drug-likeness (QED) is 0.779. The van der Waals surface area contributed by atoms with Crippen molar-refractivity contribution in [1.82, 2.24) is 10.3 Å². The van der Waals surface area contributed by atoms with Crippen molar-refractivity contribution < 1.29 is 0 Å². The molecule has 0 bridgehead atoms. The summed E-state index contributed by atoms with van der Waals surface area (Å²) in [5, 5.41) is 7.24. The maximum atomic E-state index is 6.22. The summed E-state index contributed by atoms with van der Waals surface area (Å²) in [5.41, 5.74) is 2.00. The molecule has 0 aliphatic rings. The van der Waals surface area contributed by atoms with Crippen molar-refractivity contribution in [3.05, 3.63) is 63.4 Å². The summed E-state index contributed by atoms with van der Waals surface area (Å²) >= 11 is 7.87. The first-order valence-electron chi connectivity index (χ1n) is 6.05. The second kappa shape index (κ2) is 5.29. The number of fused-ring (bicyclic) bond motifs is 1. The van der Waals surface area contributed by atoms with Crippen molar-refractivity contribution in [3.8, 4) is 0 Å². The number of para-hydroxylation sites is 1. The molecule has 0 amide bonds. The third-order valence-corrected chi connectivity index (χ3v) is 4.53. The van der Waals surface area contributed by atoms with Crippen LogP contribution in [-0.4, -0.2) is 12.0 Å². The molecule has 0 aliphatic carbocycles. The van der Waals surface area contributed by atoms with Gasteiger partial charge in [-0.25, -0.2) is 0 Å². The van der Waals surface area contributed by atoms with E-state index in [1.54, 1.807) is 11.3 Å². The number of nitrogens with zero attached hydrogens (tertiary/aromatic N) is 1. The third-order valence-electron chi connectivity index (χ3n) is 3.11. The smallest absolute Gasteiger partial charge is 0.0857 e. The Hall–Kier alpha value is -1.42. The fourth-order valence-electron chi connectivity index (χ4n) is 2.17. The lowest BCUT2D eigenvalue weighted by atomic mass is 10.1. The zero-order valence-electron chi connectivity index (χ0n) is 10.4. The zero-order valence-corrected chi connectivity index (χ0v) is 12.0. The highest BCUT2D eigenvalue weighted by Crippen LogP contribution is 2.32. The molecule has 4 heteroatoms. The van der Waals surface area contributed by atoms with Gasteiger partial charge in [0.25, 0.3) is 0 Å². The molecule has 0 radical (unpaired) electrons. The summed E-state index contributed by atoms with van der Waals surface area (Å²) < 4.78 is 0. The van der Waals surface area contributed by atoms with Gasteiger partial charge in [0.15, 0.2) is 0 Å². The third kappa shape index (κ3) is 2.37. The van der Waals surface area contributed by atoms with Gasteiger partial charge in [-0.05, 0) is 30.6 Å². The monoisotopic (exact) mass is 288 g/mol. The highest BCUT2D eigenvalue weighted by Gasteiger charge is 2.18. The van der Waals surface area contributed by atoms with Crippen LogP contribution in [0.25, 0.3) is 10.9 Å². The Kier molecular flexibility index (Phi) is 3.51. The number of aromatic nitrogens is 1. The first-order chi connectivity index (χ1) is 9.29. The highest BCUT2D eigenvalue weighted by atomic mass is 35.5. The lowest BCUT2D eigenvalue weighted by Crippen LogP contribution is -2.18. The largest absolute Gasteiger partial charge is 0.307 e. The van der Waals surface area contributed by atoms with E-state index in [1.807, 2.05) is 36.7 Å². The SMILES string of the molecule is CNC(c1ccc2ccccc2n1)c1sccc1Cl. The standard InChI is InChI=1S/C15H13ClN2S/c1-17-14(15-11(16)8-9-19-15)13-7-6-10-4-2-3-5-12(10)18-13/h2-9,14,17H,1H3. The van der Waals surface area contributed by atoms with E-state index in [-0.39, 0.29) is 6.04 Å². The minimum Gasteiger partial charge on any atom is -0.307 e. The Morgan fingerprint density at radius 2 is 2.00 bits per heavy atom. The Morgan fingerprint density at radius 1 is 1.16 bits per heavy atom. The molecule has 0 fully saturated rings. The maximum absolute atomic E-state index is 6.22. The summed E-state index contributed by atoms with van der Waals surface area (Å²) in [5.74, 6) is 0. The molecular formula is C15H13ClN2S. The normalized spacial score (nSPS) is 12.7. The zero-order chi connectivity index (χ0) is 13.2. The number of thiophene rings is 1. The summed E-state index contributed by atoms with van der Waals surface area (Å²) in [6.45, 7) is 0. The van der Waals surface area contributed by atoms with Crippen molar-refractivity contribution in [3.63, 3.8) is 0 Å². The Morgan fingerprint density at radius 3 is 2.74 bits per heavy atom. The lowest BCUT2D eigenvalue weighted by Gasteiger charge is -2.15. The second-order valence-corrected chi connectivity index (χ2v) is 5.64. The Labute approximate surface area is 121 Å². The molecule has 0 saturated carbocycles. The molecular weight excluding hydrogens is 276 g/mol. The molecule has 2 aromatic heterocycles. The number of pyridine rings is 1. The van der Waals surface area contributed by atoms with Crippen LogP contribution in [0.3, 0.4) is 0 Å². The molecule has 1 unspecified atom stereocenters. The van der Waals surface area contributed by atoms with E-state index in [0.29, 0.717) is 0 Å². The molecule has 0 saturated heterocycles. The van der Waals surface area contributed by atoms with Crippen LogP contribution in [0.2, 0.25) is 5.02 Å². The summed E-state index contributed by atoms with van der Waals surface area (Å²) in [4.78, 5) is 5.83. The van der Waals surface area contributed by atoms with E-state index in [9.17, 15) is 0 Å². The minimum absolute atomic E-state index is 0.0390. The minimum atomic E-state index is 0.0390. The topological polar surface area (TPSA) is 24.9 Å². The van der Waals surface area contributed by atoms with E-state index in [4.69, 9.17) is 16.6 Å². The fourth-order valence-corrected chi connectivity index (χ4v) is 3.45. The van der Waals surface area contributed by atoms with Crippen molar-refractivity contribution in [2.24, 2.45) is 0 Å². The Balaban J connectivity index is 2.09. The van der Waals surface area contributed by atoms with Gasteiger partial charge >= 0.3 is 0 Å². The van der Waals surface area contributed by atoms with Gasteiger partial charge in [0, 0.05) is 10.3 Å². The molecule has 3 rings (SSSR count). The van der Waals surface area contributed by atoms with E-state index in [1.165, 1.54) is 0 Å².